The molecule has 1 heterocycles. The van der Waals surface area contributed by atoms with Crippen LogP contribution in [-0.4, -0.2) is 21.5 Å². The van der Waals surface area contributed by atoms with Crippen LogP contribution in [0.5, 0.6) is 0 Å². The van der Waals surface area contributed by atoms with Crippen LogP contribution in [0.1, 0.15) is 37.6 Å². The predicted molar refractivity (Wildman–Crippen MR) is 83.5 cm³/mol. The fourth-order valence-corrected chi connectivity index (χ4v) is 4.93. The zero-order chi connectivity index (χ0) is 15.0. The molecule has 6 heteroatoms. The Morgan fingerprint density at radius 2 is 2.10 bits per heavy atom. The predicted octanol–water partition coefficient (Wildman–Crippen LogP) is 2.49. The summed E-state index contributed by atoms with van der Waals surface area (Å²) in [7, 11) is -3.35. The van der Waals surface area contributed by atoms with Gasteiger partial charge in [0, 0.05) is 18.0 Å². The highest BCUT2D eigenvalue weighted by Crippen LogP contribution is 2.51. The van der Waals surface area contributed by atoms with Gasteiger partial charge < -0.3 is 5.32 Å². The Bertz CT molecular complexity index is 576. The van der Waals surface area contributed by atoms with Crippen molar-refractivity contribution in [2.24, 2.45) is 11.3 Å². The van der Waals surface area contributed by atoms with E-state index in [0.717, 1.165) is 30.0 Å². The fraction of sp³-hybridized carbons (Fsp3) is 0.714. The van der Waals surface area contributed by atoms with Gasteiger partial charge in [-0.25, -0.2) is 13.1 Å². The lowest BCUT2D eigenvalue weighted by Gasteiger charge is -2.06. The summed E-state index contributed by atoms with van der Waals surface area (Å²) < 4.78 is 27.8. The first-order valence-electron chi connectivity index (χ1n) is 7.06. The summed E-state index contributed by atoms with van der Waals surface area (Å²) >= 11 is 1.37. The number of hydrogen-bond donors (Lipinski definition) is 2. The molecule has 0 aliphatic heterocycles. The standard InChI is InChI=1S/C14H24N2O2S2/c1-5-15-9-12-10(2)6-13(19-12)20(17,18)16-8-11-7-14(11,3)4/h6,11,15-16H,5,7-9H2,1-4H3. The molecule has 2 N–H and O–H groups in total. The molecule has 0 bridgehead atoms. The van der Waals surface area contributed by atoms with Crippen molar-refractivity contribution in [1.82, 2.24) is 10.0 Å². The number of sulfonamides is 1. The molecule has 1 aromatic rings. The van der Waals surface area contributed by atoms with Crippen molar-refractivity contribution in [1.29, 1.82) is 0 Å². The molecule has 0 spiro atoms. The van der Waals surface area contributed by atoms with Gasteiger partial charge in [0.2, 0.25) is 10.0 Å². The largest absolute Gasteiger partial charge is 0.312 e. The van der Waals surface area contributed by atoms with Crippen molar-refractivity contribution < 1.29 is 8.42 Å². The molecule has 1 unspecified atom stereocenters. The van der Waals surface area contributed by atoms with Crippen LogP contribution < -0.4 is 10.0 Å². The monoisotopic (exact) mass is 316 g/mol. The van der Waals surface area contributed by atoms with Gasteiger partial charge in [-0.2, -0.15) is 0 Å². The van der Waals surface area contributed by atoms with Crippen LogP contribution in [0, 0.1) is 18.3 Å². The lowest BCUT2D eigenvalue weighted by Crippen LogP contribution is -2.26. The number of nitrogens with one attached hydrogen (secondary N) is 2. The highest BCUT2D eigenvalue weighted by Gasteiger charge is 2.45. The van der Waals surface area contributed by atoms with Crippen molar-refractivity contribution in [2.45, 2.75) is 44.9 Å². The van der Waals surface area contributed by atoms with E-state index in [0.29, 0.717) is 22.1 Å². The minimum Gasteiger partial charge on any atom is -0.312 e. The van der Waals surface area contributed by atoms with E-state index in [1.54, 1.807) is 6.07 Å². The first-order chi connectivity index (χ1) is 9.26. The van der Waals surface area contributed by atoms with Crippen LogP contribution >= 0.6 is 11.3 Å². The van der Waals surface area contributed by atoms with Crippen LogP contribution in [0.3, 0.4) is 0 Å². The molecular weight excluding hydrogens is 292 g/mol. The first-order valence-corrected chi connectivity index (χ1v) is 9.36. The molecule has 20 heavy (non-hydrogen) atoms. The van der Waals surface area contributed by atoms with Gasteiger partial charge >= 0.3 is 0 Å². The van der Waals surface area contributed by atoms with Crippen molar-refractivity contribution in [3.8, 4) is 0 Å². The van der Waals surface area contributed by atoms with Crippen LogP contribution in [0.2, 0.25) is 0 Å². The Hall–Kier alpha value is -0.430. The molecule has 1 atom stereocenters. The topological polar surface area (TPSA) is 58.2 Å². The molecule has 0 amide bonds. The number of rotatable bonds is 7. The average Bonchev–Trinajstić information content (AvgIpc) is 2.79. The summed E-state index contributed by atoms with van der Waals surface area (Å²) in [5.74, 6) is 0.472. The van der Waals surface area contributed by atoms with Gasteiger partial charge in [0.25, 0.3) is 0 Å². The summed E-state index contributed by atoms with van der Waals surface area (Å²) in [6.45, 7) is 10.5. The van der Waals surface area contributed by atoms with Crippen molar-refractivity contribution in [2.75, 3.05) is 13.1 Å². The van der Waals surface area contributed by atoms with Gasteiger partial charge in [-0.3, -0.25) is 0 Å². The molecule has 2 rings (SSSR count). The molecule has 0 radical (unpaired) electrons. The first kappa shape index (κ1) is 15.9. The molecule has 1 aromatic heterocycles. The second-order valence-electron chi connectivity index (χ2n) is 6.19. The lowest BCUT2D eigenvalue weighted by atomic mass is 10.1. The van der Waals surface area contributed by atoms with E-state index < -0.39 is 10.0 Å². The molecule has 1 aliphatic rings. The molecule has 1 aliphatic carbocycles. The van der Waals surface area contributed by atoms with Crippen LogP contribution in [0.25, 0.3) is 0 Å². The zero-order valence-corrected chi connectivity index (χ0v) is 14.2. The second-order valence-corrected chi connectivity index (χ2v) is 9.32. The molecule has 1 saturated carbocycles. The highest BCUT2D eigenvalue weighted by molar-refractivity contribution is 7.91. The molecule has 1 fully saturated rings. The number of hydrogen-bond acceptors (Lipinski definition) is 4. The van der Waals surface area contributed by atoms with E-state index in [2.05, 4.69) is 23.9 Å². The maximum absolute atomic E-state index is 12.3. The maximum atomic E-state index is 12.3. The third-order valence-corrected chi connectivity index (χ3v) is 7.17. The van der Waals surface area contributed by atoms with Crippen molar-refractivity contribution in [3.05, 3.63) is 16.5 Å². The lowest BCUT2D eigenvalue weighted by molar-refractivity contribution is 0.538. The van der Waals surface area contributed by atoms with E-state index >= 15 is 0 Å². The Morgan fingerprint density at radius 3 is 2.65 bits per heavy atom. The minimum atomic E-state index is -3.35. The zero-order valence-electron chi connectivity index (χ0n) is 12.6. The number of aryl methyl sites for hydroxylation is 1. The van der Waals surface area contributed by atoms with Gasteiger partial charge in [0.1, 0.15) is 4.21 Å². The third-order valence-electron chi connectivity index (χ3n) is 4.04. The van der Waals surface area contributed by atoms with Gasteiger partial charge in [-0.05, 0) is 42.9 Å². The molecule has 0 aromatic carbocycles. The van der Waals surface area contributed by atoms with Gasteiger partial charge in [0.15, 0.2) is 0 Å². The summed E-state index contributed by atoms with van der Waals surface area (Å²) in [5, 5.41) is 3.24. The smallest absolute Gasteiger partial charge is 0.250 e. The van der Waals surface area contributed by atoms with Crippen molar-refractivity contribution >= 4 is 21.4 Å². The maximum Gasteiger partial charge on any atom is 0.250 e. The second kappa shape index (κ2) is 5.75. The Balaban J connectivity index is 2.02. The van der Waals surface area contributed by atoms with Gasteiger partial charge in [0.05, 0.1) is 0 Å². The molecule has 4 nitrogen and oxygen atoms in total. The Morgan fingerprint density at radius 1 is 1.45 bits per heavy atom. The molecule has 0 saturated heterocycles. The summed E-state index contributed by atoms with van der Waals surface area (Å²) in [4.78, 5) is 1.10. The summed E-state index contributed by atoms with van der Waals surface area (Å²) in [6.07, 6.45) is 1.10. The van der Waals surface area contributed by atoms with Crippen LogP contribution in [-0.2, 0) is 16.6 Å². The Labute approximate surface area is 126 Å². The summed E-state index contributed by atoms with van der Waals surface area (Å²) in [5.41, 5.74) is 1.34. The van der Waals surface area contributed by atoms with Crippen LogP contribution in [0.15, 0.2) is 10.3 Å². The van der Waals surface area contributed by atoms with Crippen LogP contribution in [0.4, 0.5) is 0 Å². The van der Waals surface area contributed by atoms with E-state index in [1.807, 2.05) is 13.8 Å². The SMILES string of the molecule is CCNCc1sc(S(=O)(=O)NCC2CC2(C)C)cc1C. The summed E-state index contributed by atoms with van der Waals surface area (Å²) in [6, 6.07) is 1.78. The Kier molecular flexibility index (Phi) is 4.59. The molecule has 114 valence electrons. The fourth-order valence-electron chi connectivity index (χ4n) is 2.24. The van der Waals surface area contributed by atoms with E-state index in [9.17, 15) is 8.42 Å². The third kappa shape index (κ3) is 3.61. The van der Waals surface area contributed by atoms with Crippen molar-refractivity contribution in [3.63, 3.8) is 0 Å². The average molecular weight is 316 g/mol. The van der Waals surface area contributed by atoms with Gasteiger partial charge in [-0.15, -0.1) is 11.3 Å². The normalized spacial score (nSPS) is 21.1. The number of thiophene rings is 1. The molecular formula is C14H24N2O2S2. The van der Waals surface area contributed by atoms with E-state index in [-0.39, 0.29) is 0 Å². The van der Waals surface area contributed by atoms with E-state index in [4.69, 9.17) is 0 Å². The van der Waals surface area contributed by atoms with Gasteiger partial charge in [-0.1, -0.05) is 20.8 Å². The minimum absolute atomic E-state index is 0.296. The highest BCUT2D eigenvalue weighted by atomic mass is 32.2. The van der Waals surface area contributed by atoms with E-state index in [1.165, 1.54) is 11.3 Å². The quantitative estimate of drug-likeness (QED) is 0.812.